The van der Waals surface area contributed by atoms with Gasteiger partial charge in [0.25, 0.3) is 5.91 Å². The Kier molecular flexibility index (Phi) is 5.89. The molecule has 1 atom stereocenters. The van der Waals surface area contributed by atoms with Gasteiger partial charge in [0.2, 0.25) is 5.91 Å². The van der Waals surface area contributed by atoms with E-state index in [0.29, 0.717) is 30.8 Å². The van der Waals surface area contributed by atoms with Crippen LogP contribution in [0, 0.1) is 12.7 Å². The maximum atomic E-state index is 14.7. The Morgan fingerprint density at radius 1 is 1.03 bits per heavy atom. The summed E-state index contributed by atoms with van der Waals surface area (Å²) in [5.74, 6) is -0.718. The van der Waals surface area contributed by atoms with Gasteiger partial charge in [0.05, 0.1) is 0 Å². The van der Waals surface area contributed by atoms with Crippen molar-refractivity contribution >= 4 is 11.8 Å². The van der Waals surface area contributed by atoms with Crippen LogP contribution >= 0.6 is 0 Å². The molecule has 0 N–H and O–H groups in total. The summed E-state index contributed by atoms with van der Waals surface area (Å²) in [6.45, 7) is 5.27. The number of aryl methyl sites for hydroxylation is 1. The minimum Gasteiger partial charge on any atom is -0.348 e. The molecule has 0 bridgehead atoms. The van der Waals surface area contributed by atoms with E-state index in [9.17, 15) is 14.0 Å². The number of nitrogens with zero attached hydrogens (tertiary/aromatic N) is 3. The minimum atomic E-state index is -0.523. The van der Waals surface area contributed by atoms with Crippen LogP contribution in [0.4, 0.5) is 4.39 Å². The number of aromatic nitrogens is 1. The number of carbonyl (C=O) groups is 2. The standard InChI is InChI=1S/C25H26FN3O2/c1-3-27(25(31)19-12-10-18(2)11-13-19)17-23(30)29-16-15-28-14-6-9-22(28)24(29)20-7-4-5-8-21(20)26/h4-14,24H,3,15-17H2,1-2H3/t24-/m1/s1. The first-order valence-electron chi connectivity index (χ1n) is 10.5. The Hall–Kier alpha value is -3.41. The van der Waals surface area contributed by atoms with Crippen molar-refractivity contribution < 1.29 is 14.0 Å². The molecule has 0 saturated heterocycles. The highest BCUT2D eigenvalue weighted by molar-refractivity contribution is 5.96. The van der Waals surface area contributed by atoms with E-state index in [1.165, 1.54) is 6.07 Å². The van der Waals surface area contributed by atoms with Gasteiger partial charge in [0, 0.05) is 42.7 Å². The van der Waals surface area contributed by atoms with E-state index in [1.54, 1.807) is 40.1 Å². The summed E-state index contributed by atoms with van der Waals surface area (Å²) >= 11 is 0. The molecule has 0 aliphatic carbocycles. The van der Waals surface area contributed by atoms with Crippen LogP contribution < -0.4 is 0 Å². The molecule has 1 aliphatic heterocycles. The van der Waals surface area contributed by atoms with Gasteiger partial charge >= 0.3 is 0 Å². The molecule has 0 spiro atoms. The smallest absolute Gasteiger partial charge is 0.254 e. The fourth-order valence-electron chi connectivity index (χ4n) is 4.14. The van der Waals surface area contributed by atoms with Crippen molar-refractivity contribution in [1.82, 2.24) is 14.4 Å². The second-order valence-corrected chi connectivity index (χ2v) is 7.82. The van der Waals surface area contributed by atoms with Gasteiger partial charge in [-0.25, -0.2) is 4.39 Å². The highest BCUT2D eigenvalue weighted by Crippen LogP contribution is 2.34. The van der Waals surface area contributed by atoms with Crippen molar-refractivity contribution in [1.29, 1.82) is 0 Å². The zero-order valence-corrected chi connectivity index (χ0v) is 17.8. The third-order valence-corrected chi connectivity index (χ3v) is 5.85. The fourth-order valence-corrected chi connectivity index (χ4v) is 4.14. The largest absolute Gasteiger partial charge is 0.348 e. The number of hydrogen-bond donors (Lipinski definition) is 0. The lowest BCUT2D eigenvalue weighted by Gasteiger charge is -2.38. The van der Waals surface area contributed by atoms with Crippen LogP contribution in [0.2, 0.25) is 0 Å². The van der Waals surface area contributed by atoms with E-state index in [4.69, 9.17) is 0 Å². The third kappa shape index (κ3) is 4.10. The van der Waals surface area contributed by atoms with Crippen molar-refractivity contribution in [2.24, 2.45) is 0 Å². The first-order valence-corrected chi connectivity index (χ1v) is 10.5. The van der Waals surface area contributed by atoms with E-state index >= 15 is 0 Å². The van der Waals surface area contributed by atoms with Crippen LogP contribution in [0.5, 0.6) is 0 Å². The number of halogens is 1. The maximum absolute atomic E-state index is 14.7. The molecule has 4 rings (SSSR count). The lowest BCUT2D eigenvalue weighted by Crippen LogP contribution is -2.48. The van der Waals surface area contributed by atoms with Crippen LogP contribution in [0.1, 0.15) is 40.1 Å². The molecule has 0 unspecified atom stereocenters. The average Bonchev–Trinajstić information content (AvgIpc) is 3.26. The molecule has 31 heavy (non-hydrogen) atoms. The Labute approximate surface area is 181 Å². The molecule has 0 saturated carbocycles. The van der Waals surface area contributed by atoms with Crippen LogP contribution in [-0.4, -0.2) is 45.8 Å². The lowest BCUT2D eigenvalue weighted by atomic mass is 9.99. The molecular weight excluding hydrogens is 393 g/mol. The Morgan fingerprint density at radius 2 is 1.77 bits per heavy atom. The van der Waals surface area contributed by atoms with Crippen LogP contribution in [0.25, 0.3) is 0 Å². The fraction of sp³-hybridized carbons (Fsp3) is 0.280. The molecule has 160 valence electrons. The zero-order valence-electron chi connectivity index (χ0n) is 17.8. The quantitative estimate of drug-likeness (QED) is 0.627. The molecule has 1 aromatic heterocycles. The second kappa shape index (κ2) is 8.76. The number of amides is 2. The normalized spacial score (nSPS) is 15.5. The van der Waals surface area contributed by atoms with Gasteiger partial charge in [0.15, 0.2) is 0 Å². The summed E-state index contributed by atoms with van der Waals surface area (Å²) in [4.78, 5) is 29.6. The summed E-state index contributed by atoms with van der Waals surface area (Å²) in [6.07, 6.45) is 1.95. The third-order valence-electron chi connectivity index (χ3n) is 5.85. The number of carbonyl (C=O) groups excluding carboxylic acids is 2. The van der Waals surface area contributed by atoms with Gasteiger partial charge in [-0.1, -0.05) is 35.9 Å². The topological polar surface area (TPSA) is 45.6 Å². The van der Waals surface area contributed by atoms with Crippen molar-refractivity contribution in [2.75, 3.05) is 19.6 Å². The van der Waals surface area contributed by atoms with E-state index in [0.717, 1.165) is 11.3 Å². The number of rotatable bonds is 5. The molecule has 5 nitrogen and oxygen atoms in total. The molecule has 3 aromatic rings. The van der Waals surface area contributed by atoms with Gasteiger partial charge in [0.1, 0.15) is 18.4 Å². The summed E-state index contributed by atoms with van der Waals surface area (Å²) < 4.78 is 16.8. The van der Waals surface area contributed by atoms with Gasteiger partial charge in [-0.2, -0.15) is 0 Å². The first-order chi connectivity index (χ1) is 15.0. The van der Waals surface area contributed by atoms with Crippen molar-refractivity contribution in [3.05, 3.63) is 95.1 Å². The summed E-state index contributed by atoms with van der Waals surface area (Å²) in [7, 11) is 0. The monoisotopic (exact) mass is 419 g/mol. The van der Waals surface area contributed by atoms with Crippen LogP contribution in [0.15, 0.2) is 66.9 Å². The Bertz CT molecular complexity index is 1090. The van der Waals surface area contributed by atoms with Crippen molar-refractivity contribution in [3.63, 3.8) is 0 Å². The highest BCUT2D eigenvalue weighted by atomic mass is 19.1. The van der Waals surface area contributed by atoms with Gasteiger partial charge in [-0.3, -0.25) is 9.59 Å². The molecule has 0 radical (unpaired) electrons. The Balaban J connectivity index is 1.61. The van der Waals surface area contributed by atoms with E-state index in [2.05, 4.69) is 4.57 Å². The number of benzene rings is 2. The molecule has 1 aliphatic rings. The molecule has 0 fully saturated rings. The average molecular weight is 420 g/mol. The number of hydrogen-bond acceptors (Lipinski definition) is 2. The van der Waals surface area contributed by atoms with Gasteiger partial charge in [-0.15, -0.1) is 0 Å². The van der Waals surface area contributed by atoms with Crippen LogP contribution in [0.3, 0.4) is 0 Å². The van der Waals surface area contributed by atoms with E-state index < -0.39 is 6.04 Å². The van der Waals surface area contributed by atoms with Crippen LogP contribution in [-0.2, 0) is 11.3 Å². The molecular formula is C25H26FN3O2. The summed E-state index contributed by atoms with van der Waals surface area (Å²) in [5, 5.41) is 0. The van der Waals surface area contributed by atoms with Gasteiger partial charge in [-0.05, 0) is 44.2 Å². The predicted molar refractivity (Wildman–Crippen MR) is 117 cm³/mol. The van der Waals surface area contributed by atoms with Crippen molar-refractivity contribution in [3.8, 4) is 0 Å². The number of fused-ring (bicyclic) bond motifs is 1. The molecule has 2 aromatic carbocycles. The minimum absolute atomic E-state index is 0.0468. The summed E-state index contributed by atoms with van der Waals surface area (Å²) in [6, 6.07) is 17.2. The SMILES string of the molecule is CCN(CC(=O)N1CCn2cccc2[C@H]1c1ccccc1F)C(=O)c1ccc(C)cc1. The predicted octanol–water partition coefficient (Wildman–Crippen LogP) is 4.03. The highest BCUT2D eigenvalue weighted by Gasteiger charge is 2.34. The van der Waals surface area contributed by atoms with E-state index in [1.807, 2.05) is 44.3 Å². The first kappa shape index (κ1) is 20.8. The summed E-state index contributed by atoms with van der Waals surface area (Å²) in [5.41, 5.74) is 2.96. The number of likely N-dealkylation sites (N-methyl/N-ethyl adjacent to an activating group) is 1. The maximum Gasteiger partial charge on any atom is 0.254 e. The lowest BCUT2D eigenvalue weighted by molar-refractivity contribution is -0.134. The van der Waals surface area contributed by atoms with Gasteiger partial charge < -0.3 is 14.4 Å². The van der Waals surface area contributed by atoms with E-state index in [-0.39, 0.29) is 24.2 Å². The Morgan fingerprint density at radius 3 is 2.48 bits per heavy atom. The second-order valence-electron chi connectivity index (χ2n) is 7.82. The van der Waals surface area contributed by atoms with Crippen molar-refractivity contribution in [2.45, 2.75) is 26.4 Å². The molecule has 2 amide bonds. The zero-order chi connectivity index (χ0) is 22.0. The molecule has 2 heterocycles. The molecule has 6 heteroatoms.